The molecule has 1 aliphatic heterocycles. The van der Waals surface area contributed by atoms with Crippen LogP contribution in [0.25, 0.3) is 17.5 Å². The Bertz CT molecular complexity index is 1340. The summed E-state index contributed by atoms with van der Waals surface area (Å²) in [6, 6.07) is 12.7. The van der Waals surface area contributed by atoms with Gasteiger partial charge in [-0.05, 0) is 61.6 Å². The molecule has 0 saturated carbocycles. The van der Waals surface area contributed by atoms with Gasteiger partial charge in [-0.25, -0.2) is 0 Å². The molecular formula is C28H30ClN5O5. The molecule has 0 aliphatic carbocycles. The van der Waals surface area contributed by atoms with Crippen molar-refractivity contribution in [2.45, 2.75) is 45.1 Å². The number of halogens is 1. The van der Waals surface area contributed by atoms with Crippen molar-refractivity contribution in [2.24, 2.45) is 0 Å². The summed E-state index contributed by atoms with van der Waals surface area (Å²) in [5.41, 5.74) is 1.35. The van der Waals surface area contributed by atoms with Crippen LogP contribution in [0.1, 0.15) is 56.5 Å². The lowest BCUT2D eigenvalue weighted by Crippen LogP contribution is -2.46. The van der Waals surface area contributed by atoms with Crippen LogP contribution < -0.4 is 0 Å². The highest BCUT2D eigenvalue weighted by molar-refractivity contribution is 6.30. The normalized spacial score (nSPS) is 15.4. The molecule has 0 N–H and O–H groups in total. The van der Waals surface area contributed by atoms with Crippen LogP contribution in [-0.2, 0) is 9.59 Å². The van der Waals surface area contributed by atoms with Crippen LogP contribution in [0.4, 0.5) is 5.69 Å². The molecule has 1 fully saturated rings. The summed E-state index contributed by atoms with van der Waals surface area (Å²) in [5.74, 6) is 0.282. The molecule has 0 radical (unpaired) electrons. The van der Waals surface area contributed by atoms with Gasteiger partial charge in [-0.2, -0.15) is 4.98 Å². The smallest absolute Gasteiger partial charge is 0.269 e. The zero-order chi connectivity index (χ0) is 27.8. The van der Waals surface area contributed by atoms with E-state index in [1.807, 2.05) is 19.1 Å². The summed E-state index contributed by atoms with van der Waals surface area (Å²) in [7, 11) is 0. The summed E-state index contributed by atoms with van der Waals surface area (Å²) in [4.78, 5) is 44.8. The van der Waals surface area contributed by atoms with E-state index in [1.165, 1.54) is 23.1 Å². The average Bonchev–Trinajstić information content (AvgIpc) is 3.44. The first-order valence-electron chi connectivity index (χ1n) is 13.0. The van der Waals surface area contributed by atoms with Gasteiger partial charge in [0.1, 0.15) is 12.6 Å². The number of nitrogens with zero attached hydrogens (tertiary/aromatic N) is 5. The highest BCUT2D eigenvalue weighted by Gasteiger charge is 2.33. The van der Waals surface area contributed by atoms with Crippen molar-refractivity contribution < 1.29 is 19.0 Å². The molecule has 3 aromatic rings. The summed E-state index contributed by atoms with van der Waals surface area (Å²) in [5, 5.41) is 15.5. The number of unbranched alkanes of at least 4 members (excludes halogenated alkanes) is 1. The second kappa shape index (κ2) is 13.1. The number of carbonyl (C=O) groups is 2. The largest absolute Gasteiger partial charge is 0.337 e. The number of nitro benzene ring substituents is 1. The Morgan fingerprint density at radius 2 is 2.03 bits per heavy atom. The van der Waals surface area contributed by atoms with Crippen LogP contribution in [0.2, 0.25) is 5.02 Å². The van der Waals surface area contributed by atoms with Crippen LogP contribution in [-0.4, -0.2) is 56.3 Å². The molecule has 1 unspecified atom stereocenters. The summed E-state index contributed by atoms with van der Waals surface area (Å²) in [6.45, 7) is 2.91. The second-order valence-corrected chi connectivity index (χ2v) is 9.80. The number of carbonyl (C=O) groups excluding carboxylic acids is 2. The Morgan fingerprint density at radius 3 is 2.74 bits per heavy atom. The molecule has 39 heavy (non-hydrogen) atoms. The lowest BCUT2D eigenvalue weighted by atomic mass is 10.0. The van der Waals surface area contributed by atoms with E-state index in [1.54, 1.807) is 35.2 Å². The van der Waals surface area contributed by atoms with Gasteiger partial charge >= 0.3 is 0 Å². The molecule has 204 valence electrons. The number of benzene rings is 2. The maximum absolute atomic E-state index is 13.5. The van der Waals surface area contributed by atoms with E-state index >= 15 is 0 Å². The SMILES string of the molecule is CCCCN(CC(=O)N1CCCCC1c1nc(-c2cccc(Cl)c2)no1)C(=O)/C=C/c1ccc([N+](=O)[O-])cc1. The number of non-ortho nitro benzene ring substituents is 1. The number of hydrogen-bond acceptors (Lipinski definition) is 7. The van der Waals surface area contributed by atoms with Gasteiger partial charge in [0.15, 0.2) is 0 Å². The fourth-order valence-corrected chi connectivity index (χ4v) is 4.64. The van der Waals surface area contributed by atoms with Crippen molar-refractivity contribution in [3.8, 4) is 11.4 Å². The van der Waals surface area contributed by atoms with E-state index in [0.717, 1.165) is 31.2 Å². The molecule has 1 saturated heterocycles. The zero-order valence-electron chi connectivity index (χ0n) is 21.7. The molecule has 4 rings (SSSR count). The minimum Gasteiger partial charge on any atom is -0.337 e. The van der Waals surface area contributed by atoms with E-state index in [0.29, 0.717) is 41.8 Å². The van der Waals surface area contributed by atoms with Gasteiger partial charge in [-0.15, -0.1) is 0 Å². The Hall–Kier alpha value is -4.05. The molecule has 1 aromatic heterocycles. The standard InChI is InChI=1S/C28H30ClN5O5/c1-2-3-16-32(25(35)15-12-20-10-13-23(14-11-20)34(37)38)19-26(36)33-17-5-4-9-24(33)28-30-27(31-39-28)21-7-6-8-22(29)18-21/h6-8,10-15,18,24H,2-5,9,16-17,19H2,1H3/b15-12+. The first-order valence-corrected chi connectivity index (χ1v) is 13.3. The fourth-order valence-electron chi connectivity index (χ4n) is 4.45. The number of hydrogen-bond donors (Lipinski definition) is 0. The topological polar surface area (TPSA) is 123 Å². The van der Waals surface area contributed by atoms with E-state index < -0.39 is 4.92 Å². The molecule has 2 amide bonds. The Balaban J connectivity index is 1.47. The van der Waals surface area contributed by atoms with Crippen molar-refractivity contribution in [3.63, 3.8) is 0 Å². The van der Waals surface area contributed by atoms with Crippen LogP contribution in [0.3, 0.4) is 0 Å². The van der Waals surface area contributed by atoms with Crippen molar-refractivity contribution >= 4 is 35.2 Å². The lowest BCUT2D eigenvalue weighted by Gasteiger charge is -2.35. The Kier molecular flexibility index (Phi) is 9.43. The molecule has 2 aromatic carbocycles. The minimum atomic E-state index is -0.475. The van der Waals surface area contributed by atoms with Crippen LogP contribution in [0.15, 0.2) is 59.1 Å². The van der Waals surface area contributed by atoms with Crippen LogP contribution >= 0.6 is 11.6 Å². The molecule has 10 nitrogen and oxygen atoms in total. The van der Waals surface area contributed by atoms with E-state index in [9.17, 15) is 19.7 Å². The van der Waals surface area contributed by atoms with E-state index in [-0.39, 0.29) is 30.1 Å². The number of piperidine rings is 1. The molecule has 1 aliphatic rings. The third kappa shape index (κ3) is 7.29. The maximum Gasteiger partial charge on any atom is 0.269 e. The van der Waals surface area contributed by atoms with Gasteiger partial charge in [0.05, 0.1) is 4.92 Å². The first kappa shape index (κ1) is 28.0. The number of nitro groups is 1. The van der Waals surface area contributed by atoms with E-state index in [2.05, 4.69) is 10.1 Å². The lowest BCUT2D eigenvalue weighted by molar-refractivity contribution is -0.384. The van der Waals surface area contributed by atoms with Crippen LogP contribution in [0, 0.1) is 10.1 Å². The average molecular weight is 552 g/mol. The highest BCUT2D eigenvalue weighted by atomic mass is 35.5. The Labute approximate surface area is 231 Å². The number of likely N-dealkylation sites (tertiary alicyclic amines) is 1. The van der Waals surface area contributed by atoms with Gasteiger partial charge in [0.2, 0.25) is 23.5 Å². The number of amides is 2. The predicted octanol–water partition coefficient (Wildman–Crippen LogP) is 5.69. The van der Waals surface area contributed by atoms with Crippen molar-refractivity contribution in [1.82, 2.24) is 19.9 Å². The fraction of sp³-hybridized carbons (Fsp3) is 0.357. The number of aromatic nitrogens is 2. The second-order valence-electron chi connectivity index (χ2n) is 9.36. The molecule has 0 bridgehead atoms. The van der Waals surface area contributed by atoms with Crippen molar-refractivity contribution in [1.29, 1.82) is 0 Å². The summed E-state index contributed by atoms with van der Waals surface area (Å²) in [6.07, 6.45) is 7.05. The third-order valence-electron chi connectivity index (χ3n) is 6.57. The Morgan fingerprint density at radius 1 is 1.23 bits per heavy atom. The molecule has 11 heteroatoms. The molecule has 2 heterocycles. The predicted molar refractivity (Wildman–Crippen MR) is 147 cm³/mol. The third-order valence-corrected chi connectivity index (χ3v) is 6.81. The molecule has 1 atom stereocenters. The minimum absolute atomic E-state index is 0.0225. The van der Waals surface area contributed by atoms with Gasteiger partial charge in [-0.3, -0.25) is 19.7 Å². The quantitative estimate of drug-likeness (QED) is 0.180. The monoisotopic (exact) mass is 551 g/mol. The van der Waals surface area contributed by atoms with Gasteiger partial charge in [0.25, 0.3) is 5.69 Å². The van der Waals surface area contributed by atoms with E-state index in [4.69, 9.17) is 16.1 Å². The highest BCUT2D eigenvalue weighted by Crippen LogP contribution is 2.31. The van der Waals surface area contributed by atoms with Crippen LogP contribution in [0.5, 0.6) is 0 Å². The van der Waals surface area contributed by atoms with Crippen molar-refractivity contribution in [2.75, 3.05) is 19.6 Å². The first-order chi connectivity index (χ1) is 18.9. The summed E-state index contributed by atoms with van der Waals surface area (Å²) < 4.78 is 5.57. The van der Waals surface area contributed by atoms with Gasteiger partial charge < -0.3 is 14.3 Å². The molecule has 0 spiro atoms. The maximum atomic E-state index is 13.5. The summed E-state index contributed by atoms with van der Waals surface area (Å²) >= 11 is 6.10. The molecular weight excluding hydrogens is 522 g/mol. The zero-order valence-corrected chi connectivity index (χ0v) is 22.4. The van der Waals surface area contributed by atoms with Gasteiger partial charge in [0, 0.05) is 41.9 Å². The number of rotatable bonds is 10. The van der Waals surface area contributed by atoms with Crippen molar-refractivity contribution in [3.05, 3.63) is 81.2 Å². The van der Waals surface area contributed by atoms with Gasteiger partial charge in [-0.1, -0.05) is 42.2 Å².